The summed E-state index contributed by atoms with van der Waals surface area (Å²) in [7, 11) is 0. The highest BCUT2D eigenvalue weighted by molar-refractivity contribution is 5.75. The van der Waals surface area contributed by atoms with Gasteiger partial charge in [-0.1, -0.05) is 0 Å². The Balaban J connectivity index is 2.11. The van der Waals surface area contributed by atoms with Crippen molar-refractivity contribution in [1.82, 2.24) is 10.1 Å². The Kier molecular flexibility index (Phi) is 2.55. The minimum atomic E-state index is 0.312. The molecule has 2 aromatic rings. The zero-order chi connectivity index (χ0) is 12.5. The van der Waals surface area contributed by atoms with Crippen molar-refractivity contribution in [2.24, 2.45) is 0 Å². The molecule has 6 nitrogen and oxygen atoms in total. The van der Waals surface area contributed by atoms with Gasteiger partial charge < -0.3 is 14.7 Å². The average Bonchev–Trinajstić information content (AvgIpc) is 2.81. The van der Waals surface area contributed by atoms with Gasteiger partial charge in [0.2, 0.25) is 0 Å². The number of fused-ring (bicyclic) bond motifs is 2. The van der Waals surface area contributed by atoms with Crippen LogP contribution in [-0.4, -0.2) is 23.0 Å². The van der Waals surface area contributed by atoms with E-state index in [2.05, 4.69) is 10.1 Å². The van der Waals surface area contributed by atoms with Crippen LogP contribution in [0.15, 0.2) is 12.1 Å². The fourth-order valence-corrected chi connectivity index (χ4v) is 2.06. The second-order valence-electron chi connectivity index (χ2n) is 4.15. The molecule has 1 aromatic heterocycles. The van der Waals surface area contributed by atoms with Crippen molar-refractivity contribution in [3.8, 4) is 5.75 Å². The van der Waals surface area contributed by atoms with Gasteiger partial charge in [0, 0.05) is 42.1 Å². The van der Waals surface area contributed by atoms with Gasteiger partial charge in [-0.05, 0) is 4.85 Å². The molecule has 18 heavy (non-hydrogen) atoms. The van der Waals surface area contributed by atoms with Gasteiger partial charge in [-0.25, -0.2) is 4.98 Å². The second kappa shape index (κ2) is 4.21. The molecule has 0 bridgehead atoms. The molecule has 0 aliphatic carbocycles. The Bertz CT molecular complexity index is 627. The number of carbonyl (C=O) groups excluding carboxylic acids is 1. The Hall–Kier alpha value is -2.24. The van der Waals surface area contributed by atoms with Crippen LogP contribution in [0.4, 0.5) is 0 Å². The van der Waals surface area contributed by atoms with Gasteiger partial charge in [-0.2, -0.15) is 0 Å². The van der Waals surface area contributed by atoms with Gasteiger partial charge in [-0.15, -0.1) is 0 Å². The molecule has 0 spiro atoms. The minimum Gasteiger partial charge on any atom is -0.594 e. The standard InChI is InChI=1S/C12H11N3O3/c16-4-1-2-12-13-9-7-11-8(3-5-18-11)6-10(9)15(17)14-12/h4,6-7H,1-3,5H2. The van der Waals surface area contributed by atoms with Crippen molar-refractivity contribution >= 4 is 17.3 Å². The van der Waals surface area contributed by atoms with Gasteiger partial charge in [0.05, 0.1) is 6.61 Å². The van der Waals surface area contributed by atoms with Gasteiger partial charge in [0.25, 0.3) is 5.52 Å². The predicted octanol–water partition coefficient (Wildman–Crippen LogP) is 0.330. The minimum absolute atomic E-state index is 0.312. The van der Waals surface area contributed by atoms with Crippen molar-refractivity contribution < 1.29 is 14.4 Å². The van der Waals surface area contributed by atoms with Crippen LogP contribution in [0.3, 0.4) is 0 Å². The van der Waals surface area contributed by atoms with E-state index in [0.717, 1.165) is 24.0 Å². The summed E-state index contributed by atoms with van der Waals surface area (Å²) in [5.74, 6) is 1.16. The van der Waals surface area contributed by atoms with Crippen LogP contribution >= 0.6 is 0 Å². The molecule has 92 valence electrons. The highest BCUT2D eigenvalue weighted by Crippen LogP contribution is 2.28. The van der Waals surface area contributed by atoms with Gasteiger partial charge in [0.15, 0.2) is 5.82 Å². The van der Waals surface area contributed by atoms with Crippen molar-refractivity contribution in [3.05, 3.63) is 28.7 Å². The predicted molar refractivity (Wildman–Crippen MR) is 62.1 cm³/mol. The number of rotatable bonds is 3. The molecule has 0 radical (unpaired) electrons. The Morgan fingerprint density at radius 2 is 2.39 bits per heavy atom. The highest BCUT2D eigenvalue weighted by Gasteiger charge is 2.19. The first-order valence-corrected chi connectivity index (χ1v) is 5.78. The Labute approximate surface area is 103 Å². The van der Waals surface area contributed by atoms with Crippen molar-refractivity contribution in [2.75, 3.05) is 6.61 Å². The molecule has 6 heteroatoms. The van der Waals surface area contributed by atoms with Crippen molar-refractivity contribution in [3.63, 3.8) is 0 Å². The number of carbonyl (C=O) groups is 1. The first-order valence-electron chi connectivity index (χ1n) is 5.78. The number of aldehydes is 1. The molecule has 0 amide bonds. The van der Waals surface area contributed by atoms with E-state index in [9.17, 15) is 10.0 Å². The monoisotopic (exact) mass is 245 g/mol. The van der Waals surface area contributed by atoms with Crippen LogP contribution in [0.5, 0.6) is 5.75 Å². The Morgan fingerprint density at radius 1 is 1.50 bits per heavy atom. The molecular weight excluding hydrogens is 234 g/mol. The molecule has 0 unspecified atom stereocenters. The fourth-order valence-electron chi connectivity index (χ4n) is 2.06. The molecule has 0 N–H and O–H groups in total. The zero-order valence-electron chi connectivity index (χ0n) is 9.63. The van der Waals surface area contributed by atoms with E-state index < -0.39 is 0 Å². The largest absolute Gasteiger partial charge is 0.594 e. The van der Waals surface area contributed by atoms with E-state index in [1.807, 2.05) is 0 Å². The maximum absolute atomic E-state index is 11.8. The summed E-state index contributed by atoms with van der Waals surface area (Å²) in [5.41, 5.74) is 2.01. The molecule has 0 fully saturated rings. The third-order valence-electron chi connectivity index (χ3n) is 2.93. The molecule has 0 atom stereocenters. The first-order chi connectivity index (χ1) is 8.78. The molecule has 1 aromatic carbocycles. The topological polar surface area (TPSA) is 79.0 Å². The van der Waals surface area contributed by atoms with Crippen LogP contribution in [0, 0.1) is 5.21 Å². The normalized spacial score (nSPS) is 13.3. The van der Waals surface area contributed by atoms with Gasteiger partial charge in [-0.3, -0.25) is 0 Å². The maximum atomic E-state index is 11.8. The van der Waals surface area contributed by atoms with Crippen LogP contribution < -0.4 is 9.58 Å². The van der Waals surface area contributed by atoms with Gasteiger partial charge >= 0.3 is 0 Å². The SMILES string of the molecule is O=CCCc1nc2cc3c(cc2[n+]([O-])n1)CCO3. The molecule has 3 rings (SSSR count). The fraction of sp³-hybridized carbons (Fsp3) is 0.333. The van der Waals surface area contributed by atoms with Crippen LogP contribution in [0.1, 0.15) is 17.8 Å². The van der Waals surface area contributed by atoms with E-state index in [1.165, 1.54) is 0 Å². The lowest BCUT2D eigenvalue weighted by atomic mass is 10.1. The van der Waals surface area contributed by atoms with E-state index in [1.54, 1.807) is 12.1 Å². The highest BCUT2D eigenvalue weighted by atomic mass is 16.5. The van der Waals surface area contributed by atoms with E-state index >= 15 is 0 Å². The zero-order valence-corrected chi connectivity index (χ0v) is 9.63. The summed E-state index contributed by atoms with van der Waals surface area (Å²) in [6, 6.07) is 3.53. The maximum Gasteiger partial charge on any atom is 0.271 e. The number of benzene rings is 1. The molecular formula is C12H11N3O3. The average molecular weight is 245 g/mol. The second-order valence-corrected chi connectivity index (χ2v) is 4.15. The molecule has 1 aliphatic rings. The lowest BCUT2D eigenvalue weighted by molar-refractivity contribution is -0.644. The lowest BCUT2D eigenvalue weighted by Crippen LogP contribution is -2.34. The molecule has 0 saturated carbocycles. The van der Waals surface area contributed by atoms with E-state index in [0.29, 0.717) is 41.2 Å². The van der Waals surface area contributed by atoms with Gasteiger partial charge in [0.1, 0.15) is 17.6 Å². The summed E-state index contributed by atoms with van der Waals surface area (Å²) in [6.45, 7) is 0.635. The summed E-state index contributed by atoms with van der Waals surface area (Å²) < 4.78 is 5.44. The smallest absolute Gasteiger partial charge is 0.271 e. The number of hydrogen-bond acceptors (Lipinski definition) is 5. The van der Waals surface area contributed by atoms with Crippen LogP contribution in [0.25, 0.3) is 11.0 Å². The summed E-state index contributed by atoms with van der Waals surface area (Å²) >= 11 is 0. The quantitative estimate of drug-likeness (QED) is 0.442. The summed E-state index contributed by atoms with van der Waals surface area (Å²) in [4.78, 5) is 15.2. The van der Waals surface area contributed by atoms with E-state index in [4.69, 9.17) is 4.74 Å². The van der Waals surface area contributed by atoms with Crippen LogP contribution in [-0.2, 0) is 17.6 Å². The molecule has 2 heterocycles. The van der Waals surface area contributed by atoms with E-state index in [-0.39, 0.29) is 0 Å². The van der Waals surface area contributed by atoms with Crippen molar-refractivity contribution in [1.29, 1.82) is 0 Å². The molecule has 1 aliphatic heterocycles. The number of hydrogen-bond donors (Lipinski definition) is 0. The van der Waals surface area contributed by atoms with Crippen molar-refractivity contribution in [2.45, 2.75) is 19.3 Å². The number of nitrogens with zero attached hydrogens (tertiary/aromatic N) is 3. The first kappa shape index (κ1) is 10.9. The number of aryl methyl sites for hydroxylation is 1. The third-order valence-corrected chi connectivity index (χ3v) is 2.93. The van der Waals surface area contributed by atoms with Crippen LogP contribution in [0.2, 0.25) is 0 Å². The Morgan fingerprint density at radius 3 is 3.22 bits per heavy atom. The number of ether oxygens (including phenoxy) is 1. The molecule has 0 saturated heterocycles. The summed E-state index contributed by atoms with van der Waals surface area (Å²) in [5, 5.41) is 15.6. The summed E-state index contributed by atoms with van der Waals surface area (Å²) in [6.07, 6.45) is 2.28. The third kappa shape index (κ3) is 1.75. The lowest BCUT2D eigenvalue weighted by Gasteiger charge is -2.03. The number of aromatic nitrogens is 3.